The van der Waals surface area contributed by atoms with Gasteiger partial charge in [0.25, 0.3) is 5.91 Å². The third-order valence-corrected chi connectivity index (χ3v) is 7.47. The number of rotatable bonds is 4. The lowest BCUT2D eigenvalue weighted by Crippen LogP contribution is -2.55. The van der Waals surface area contributed by atoms with Crippen LogP contribution in [0.3, 0.4) is 0 Å². The monoisotopic (exact) mass is 482 g/mol. The molecule has 2 aliphatic rings. The van der Waals surface area contributed by atoms with E-state index >= 15 is 0 Å². The van der Waals surface area contributed by atoms with E-state index < -0.39 is 6.04 Å². The zero-order chi connectivity index (χ0) is 24.8. The van der Waals surface area contributed by atoms with Gasteiger partial charge in [0.15, 0.2) is 0 Å². The number of aromatic nitrogens is 1. The van der Waals surface area contributed by atoms with Crippen LogP contribution in [0.5, 0.6) is 0 Å². The van der Waals surface area contributed by atoms with Gasteiger partial charge in [-0.25, -0.2) is 4.39 Å². The number of H-pyrrole nitrogens is 1. The number of nitrogens with zero attached hydrogens (tertiary/aromatic N) is 3. The molecule has 6 rings (SSSR count). The Balaban J connectivity index is 1.27. The maximum Gasteiger partial charge on any atom is 0.255 e. The second-order valence-corrected chi connectivity index (χ2v) is 9.46. The molecule has 6 nitrogen and oxygen atoms in total. The third kappa shape index (κ3) is 3.63. The Bertz CT molecular complexity index is 1440. The molecule has 2 atom stereocenters. The molecule has 0 bridgehead atoms. The summed E-state index contributed by atoms with van der Waals surface area (Å²) in [6.45, 7) is 4.25. The molecule has 2 aliphatic heterocycles. The van der Waals surface area contributed by atoms with Gasteiger partial charge in [0, 0.05) is 60.1 Å². The van der Waals surface area contributed by atoms with E-state index in [1.54, 1.807) is 17.0 Å². The summed E-state index contributed by atoms with van der Waals surface area (Å²) in [5.41, 5.74) is 4.51. The van der Waals surface area contributed by atoms with Crippen LogP contribution in [0.4, 0.5) is 10.1 Å². The highest BCUT2D eigenvalue weighted by Gasteiger charge is 2.44. The van der Waals surface area contributed by atoms with Gasteiger partial charge in [-0.3, -0.25) is 9.59 Å². The molecule has 0 aliphatic carbocycles. The SMILES string of the molecule is C[C@@H](C(=O)N1CCN(c2ccc(F)cc2)CC1)N1C(=O)c2ccccc2[C@H]1c1c[nH]c2ccccc12. The molecular formula is C29H27FN4O2. The minimum Gasteiger partial charge on any atom is -0.368 e. The molecule has 1 fully saturated rings. The van der Waals surface area contributed by atoms with E-state index in [2.05, 4.69) is 9.88 Å². The number of carbonyl (C=O) groups is 2. The van der Waals surface area contributed by atoms with Crippen molar-refractivity contribution in [1.29, 1.82) is 0 Å². The van der Waals surface area contributed by atoms with Crippen LogP contribution in [0.25, 0.3) is 10.9 Å². The van der Waals surface area contributed by atoms with Crippen molar-refractivity contribution < 1.29 is 14.0 Å². The van der Waals surface area contributed by atoms with E-state index in [1.807, 2.05) is 66.6 Å². The van der Waals surface area contributed by atoms with E-state index in [0.717, 1.165) is 27.7 Å². The molecule has 0 spiro atoms. The van der Waals surface area contributed by atoms with Crippen molar-refractivity contribution in [3.63, 3.8) is 0 Å². The summed E-state index contributed by atoms with van der Waals surface area (Å²) in [4.78, 5) is 36.4. The van der Waals surface area contributed by atoms with Crippen molar-refractivity contribution in [3.05, 3.63) is 102 Å². The maximum atomic E-state index is 13.7. The number of para-hydroxylation sites is 1. The summed E-state index contributed by atoms with van der Waals surface area (Å²) in [7, 11) is 0. The van der Waals surface area contributed by atoms with Crippen molar-refractivity contribution in [2.75, 3.05) is 31.1 Å². The average molecular weight is 483 g/mol. The van der Waals surface area contributed by atoms with Gasteiger partial charge >= 0.3 is 0 Å². The van der Waals surface area contributed by atoms with Gasteiger partial charge < -0.3 is 19.7 Å². The lowest BCUT2D eigenvalue weighted by molar-refractivity contribution is -0.136. The maximum absolute atomic E-state index is 13.7. The summed E-state index contributed by atoms with van der Waals surface area (Å²) < 4.78 is 13.3. The molecule has 1 saturated heterocycles. The molecule has 4 aromatic rings. The first-order chi connectivity index (χ1) is 17.5. The molecule has 182 valence electrons. The normalized spacial score (nSPS) is 18.6. The van der Waals surface area contributed by atoms with E-state index in [-0.39, 0.29) is 23.7 Å². The summed E-state index contributed by atoms with van der Waals surface area (Å²) >= 11 is 0. The Morgan fingerprint density at radius 3 is 2.39 bits per heavy atom. The van der Waals surface area contributed by atoms with Crippen LogP contribution in [-0.4, -0.2) is 58.8 Å². The number of fused-ring (bicyclic) bond motifs is 2. The lowest BCUT2D eigenvalue weighted by Gasteiger charge is -2.39. The van der Waals surface area contributed by atoms with E-state index in [4.69, 9.17) is 0 Å². The Morgan fingerprint density at radius 2 is 1.61 bits per heavy atom. The predicted molar refractivity (Wildman–Crippen MR) is 137 cm³/mol. The second-order valence-electron chi connectivity index (χ2n) is 9.46. The first kappa shape index (κ1) is 22.3. The molecule has 3 aromatic carbocycles. The number of carbonyl (C=O) groups excluding carboxylic acids is 2. The minimum atomic E-state index is -0.624. The van der Waals surface area contributed by atoms with Gasteiger partial charge in [-0.15, -0.1) is 0 Å². The smallest absolute Gasteiger partial charge is 0.255 e. The Hall–Kier alpha value is -4.13. The minimum absolute atomic E-state index is 0.0558. The van der Waals surface area contributed by atoms with Crippen LogP contribution in [0.1, 0.15) is 34.5 Å². The highest BCUT2D eigenvalue weighted by atomic mass is 19.1. The molecule has 1 N–H and O–H groups in total. The van der Waals surface area contributed by atoms with Crippen LogP contribution in [0.2, 0.25) is 0 Å². The summed E-state index contributed by atoms with van der Waals surface area (Å²) in [6, 6.07) is 21.1. The standard InChI is InChI=1S/C29H27FN4O2/c1-19(28(35)33-16-14-32(15-17-33)21-12-10-20(30)11-13-21)34-27(23-7-2-3-8-24(23)29(34)36)25-18-31-26-9-5-4-6-22(25)26/h2-13,18-19,27,31H,14-17H2,1H3/t19-,27-/m0/s1. The quantitative estimate of drug-likeness (QED) is 0.463. The topological polar surface area (TPSA) is 59.7 Å². The second kappa shape index (κ2) is 8.82. The first-order valence-electron chi connectivity index (χ1n) is 12.3. The zero-order valence-corrected chi connectivity index (χ0v) is 20.0. The Kier molecular flexibility index (Phi) is 5.48. The van der Waals surface area contributed by atoms with Crippen molar-refractivity contribution in [2.45, 2.75) is 19.0 Å². The number of amides is 2. The molecular weight excluding hydrogens is 455 g/mol. The average Bonchev–Trinajstić information content (AvgIpc) is 3.47. The Labute approximate surface area is 208 Å². The largest absolute Gasteiger partial charge is 0.368 e. The van der Waals surface area contributed by atoms with E-state index in [0.29, 0.717) is 31.7 Å². The molecule has 0 unspecified atom stereocenters. The molecule has 1 aromatic heterocycles. The van der Waals surface area contributed by atoms with Gasteiger partial charge in [-0.1, -0.05) is 36.4 Å². The van der Waals surface area contributed by atoms with Gasteiger partial charge in [0.1, 0.15) is 11.9 Å². The highest BCUT2D eigenvalue weighted by molar-refractivity contribution is 6.03. The number of aromatic amines is 1. The van der Waals surface area contributed by atoms with E-state index in [9.17, 15) is 14.0 Å². The molecule has 0 radical (unpaired) electrons. The number of anilines is 1. The van der Waals surface area contributed by atoms with Crippen LogP contribution in [0.15, 0.2) is 79.0 Å². The summed E-state index contributed by atoms with van der Waals surface area (Å²) in [5, 5.41) is 1.05. The summed E-state index contributed by atoms with van der Waals surface area (Å²) in [6.07, 6.45) is 1.95. The number of halogens is 1. The molecule has 0 saturated carbocycles. The van der Waals surface area contributed by atoms with Gasteiger partial charge in [0.05, 0.1) is 6.04 Å². The number of nitrogens with one attached hydrogen (secondary N) is 1. The number of benzene rings is 3. The fourth-order valence-corrected chi connectivity index (χ4v) is 5.59. The number of piperazine rings is 1. The van der Waals surface area contributed by atoms with Crippen molar-refractivity contribution in [3.8, 4) is 0 Å². The zero-order valence-electron chi connectivity index (χ0n) is 20.0. The fraction of sp³-hybridized carbons (Fsp3) is 0.241. The number of hydrogen-bond donors (Lipinski definition) is 1. The molecule has 3 heterocycles. The number of hydrogen-bond acceptors (Lipinski definition) is 3. The van der Waals surface area contributed by atoms with Crippen LogP contribution >= 0.6 is 0 Å². The van der Waals surface area contributed by atoms with Crippen molar-refractivity contribution in [1.82, 2.24) is 14.8 Å². The molecule has 36 heavy (non-hydrogen) atoms. The van der Waals surface area contributed by atoms with Gasteiger partial charge in [0.2, 0.25) is 5.91 Å². The first-order valence-corrected chi connectivity index (χ1v) is 12.3. The van der Waals surface area contributed by atoms with E-state index in [1.165, 1.54) is 12.1 Å². The van der Waals surface area contributed by atoms with Gasteiger partial charge in [-0.2, -0.15) is 0 Å². The Morgan fingerprint density at radius 1 is 0.917 bits per heavy atom. The molecule has 2 amide bonds. The van der Waals surface area contributed by atoms with Crippen LogP contribution in [0, 0.1) is 5.82 Å². The van der Waals surface area contributed by atoms with Gasteiger partial charge in [-0.05, 0) is 48.9 Å². The van der Waals surface area contributed by atoms with Crippen LogP contribution in [-0.2, 0) is 4.79 Å². The highest BCUT2D eigenvalue weighted by Crippen LogP contribution is 2.42. The van der Waals surface area contributed by atoms with Crippen molar-refractivity contribution >= 4 is 28.4 Å². The third-order valence-electron chi connectivity index (χ3n) is 7.47. The lowest BCUT2D eigenvalue weighted by atomic mass is 9.97. The van der Waals surface area contributed by atoms with Crippen molar-refractivity contribution in [2.24, 2.45) is 0 Å². The molecule has 7 heteroatoms. The van der Waals surface area contributed by atoms with Crippen LogP contribution < -0.4 is 4.90 Å². The predicted octanol–water partition coefficient (Wildman–Crippen LogP) is 4.59. The summed E-state index contributed by atoms with van der Waals surface area (Å²) in [5.74, 6) is -0.436. The fourth-order valence-electron chi connectivity index (χ4n) is 5.59.